The largest absolute Gasteiger partial charge is 0.506 e. The molecule has 1 atom stereocenters. The SMILES string of the molecule is Cl.Oc1c(Cl)cc(Cl)cc1[C@@H]1CCCCN1. The van der Waals surface area contributed by atoms with Gasteiger partial charge in [0.1, 0.15) is 5.75 Å². The smallest absolute Gasteiger partial charge is 0.139 e. The molecule has 1 heterocycles. The van der Waals surface area contributed by atoms with E-state index in [0.29, 0.717) is 10.0 Å². The lowest BCUT2D eigenvalue weighted by Gasteiger charge is -2.24. The third kappa shape index (κ3) is 2.95. The number of benzene rings is 1. The summed E-state index contributed by atoms with van der Waals surface area (Å²) in [5, 5.41) is 14.1. The summed E-state index contributed by atoms with van der Waals surface area (Å²) < 4.78 is 0. The Labute approximate surface area is 111 Å². The van der Waals surface area contributed by atoms with Crippen molar-refractivity contribution in [3.8, 4) is 5.75 Å². The van der Waals surface area contributed by atoms with Gasteiger partial charge in [-0.2, -0.15) is 0 Å². The Morgan fingerprint density at radius 3 is 2.62 bits per heavy atom. The van der Waals surface area contributed by atoms with Gasteiger partial charge in [0, 0.05) is 16.6 Å². The fourth-order valence-electron chi connectivity index (χ4n) is 1.97. The highest BCUT2D eigenvalue weighted by Gasteiger charge is 2.19. The van der Waals surface area contributed by atoms with E-state index in [0.717, 1.165) is 18.5 Å². The lowest BCUT2D eigenvalue weighted by atomic mass is 9.97. The Kier molecular flexibility index (Phi) is 5.19. The van der Waals surface area contributed by atoms with E-state index in [-0.39, 0.29) is 24.2 Å². The quantitative estimate of drug-likeness (QED) is 0.818. The number of piperidine rings is 1. The van der Waals surface area contributed by atoms with E-state index in [1.165, 1.54) is 12.8 Å². The number of phenolic OH excluding ortho intramolecular Hbond substituents is 1. The minimum absolute atomic E-state index is 0. The third-order valence-electron chi connectivity index (χ3n) is 2.74. The Morgan fingerprint density at radius 2 is 2.00 bits per heavy atom. The minimum Gasteiger partial charge on any atom is -0.506 e. The molecule has 0 saturated carbocycles. The monoisotopic (exact) mass is 281 g/mol. The molecule has 0 amide bonds. The summed E-state index contributed by atoms with van der Waals surface area (Å²) in [6, 6.07) is 3.52. The second-order valence-corrected chi connectivity index (χ2v) is 4.67. The fraction of sp³-hybridized carbons (Fsp3) is 0.455. The minimum atomic E-state index is 0. The normalized spacial score (nSPS) is 20.2. The van der Waals surface area contributed by atoms with Gasteiger partial charge < -0.3 is 10.4 Å². The Morgan fingerprint density at radius 1 is 1.25 bits per heavy atom. The van der Waals surface area contributed by atoms with Gasteiger partial charge in [0.15, 0.2) is 0 Å². The van der Waals surface area contributed by atoms with Crippen LogP contribution in [0.2, 0.25) is 10.0 Å². The van der Waals surface area contributed by atoms with Crippen molar-refractivity contribution in [1.29, 1.82) is 0 Å². The number of rotatable bonds is 1. The molecule has 1 saturated heterocycles. The van der Waals surface area contributed by atoms with Gasteiger partial charge in [0.05, 0.1) is 5.02 Å². The molecule has 1 aromatic rings. The molecule has 2 N–H and O–H groups in total. The van der Waals surface area contributed by atoms with Gasteiger partial charge >= 0.3 is 0 Å². The van der Waals surface area contributed by atoms with E-state index in [1.807, 2.05) is 0 Å². The van der Waals surface area contributed by atoms with Crippen LogP contribution in [0.4, 0.5) is 0 Å². The average molecular weight is 283 g/mol. The van der Waals surface area contributed by atoms with Crippen molar-refractivity contribution in [2.45, 2.75) is 25.3 Å². The van der Waals surface area contributed by atoms with Crippen LogP contribution >= 0.6 is 35.6 Å². The lowest BCUT2D eigenvalue weighted by Crippen LogP contribution is -2.26. The first kappa shape index (κ1) is 13.9. The van der Waals surface area contributed by atoms with Crippen LogP contribution in [-0.4, -0.2) is 11.7 Å². The van der Waals surface area contributed by atoms with E-state index < -0.39 is 0 Å². The van der Waals surface area contributed by atoms with Gasteiger partial charge in [-0.3, -0.25) is 0 Å². The standard InChI is InChI=1S/C11H13Cl2NO.ClH/c12-7-5-8(11(15)9(13)6-7)10-3-1-2-4-14-10;/h5-6,10,14-15H,1-4H2;1H/t10-;/m0./s1. The molecule has 0 radical (unpaired) electrons. The van der Waals surface area contributed by atoms with Crippen LogP contribution in [-0.2, 0) is 0 Å². The molecule has 2 nitrogen and oxygen atoms in total. The number of aromatic hydroxyl groups is 1. The molecule has 1 aliphatic rings. The topological polar surface area (TPSA) is 32.3 Å². The number of hydrogen-bond donors (Lipinski definition) is 2. The summed E-state index contributed by atoms with van der Waals surface area (Å²) in [4.78, 5) is 0. The highest BCUT2D eigenvalue weighted by molar-refractivity contribution is 6.35. The van der Waals surface area contributed by atoms with Crippen LogP contribution in [0.5, 0.6) is 5.75 Å². The molecule has 0 unspecified atom stereocenters. The van der Waals surface area contributed by atoms with Gasteiger partial charge in [-0.25, -0.2) is 0 Å². The second-order valence-electron chi connectivity index (χ2n) is 3.83. The van der Waals surface area contributed by atoms with Crippen molar-refractivity contribution >= 4 is 35.6 Å². The summed E-state index contributed by atoms with van der Waals surface area (Å²) in [6.07, 6.45) is 3.37. The summed E-state index contributed by atoms with van der Waals surface area (Å²) in [5.74, 6) is 0.153. The second kappa shape index (κ2) is 5.97. The highest BCUT2D eigenvalue weighted by atomic mass is 35.5. The van der Waals surface area contributed by atoms with E-state index >= 15 is 0 Å². The van der Waals surface area contributed by atoms with Gasteiger partial charge in [-0.05, 0) is 31.5 Å². The highest BCUT2D eigenvalue weighted by Crippen LogP contribution is 2.37. The Balaban J connectivity index is 0.00000128. The molecule has 1 aliphatic heterocycles. The molecule has 5 heteroatoms. The molecule has 1 aromatic carbocycles. The zero-order chi connectivity index (χ0) is 10.8. The first-order valence-corrected chi connectivity index (χ1v) is 5.85. The van der Waals surface area contributed by atoms with Crippen molar-refractivity contribution in [1.82, 2.24) is 5.32 Å². The van der Waals surface area contributed by atoms with Gasteiger partial charge in [0.25, 0.3) is 0 Å². The number of hydrogen-bond acceptors (Lipinski definition) is 2. The maximum absolute atomic E-state index is 9.84. The van der Waals surface area contributed by atoms with E-state index in [2.05, 4.69) is 5.32 Å². The molecular weight excluding hydrogens is 268 g/mol. The average Bonchev–Trinajstić information content (AvgIpc) is 2.24. The Hall–Kier alpha value is -0.150. The van der Waals surface area contributed by atoms with E-state index in [9.17, 15) is 5.11 Å². The molecule has 1 fully saturated rings. The first-order chi connectivity index (χ1) is 7.18. The summed E-state index contributed by atoms with van der Waals surface area (Å²) >= 11 is 11.8. The number of halogens is 3. The van der Waals surface area contributed by atoms with E-state index in [4.69, 9.17) is 23.2 Å². The van der Waals surface area contributed by atoms with Crippen LogP contribution in [0.3, 0.4) is 0 Å². The zero-order valence-electron chi connectivity index (χ0n) is 8.67. The molecule has 0 spiro atoms. The molecular formula is C11H14Cl3NO. The van der Waals surface area contributed by atoms with Gasteiger partial charge in [-0.15, -0.1) is 12.4 Å². The van der Waals surface area contributed by atoms with Crippen molar-refractivity contribution in [2.24, 2.45) is 0 Å². The molecule has 0 bridgehead atoms. The van der Waals surface area contributed by atoms with Crippen LogP contribution in [0.25, 0.3) is 0 Å². The van der Waals surface area contributed by atoms with Crippen molar-refractivity contribution in [2.75, 3.05) is 6.54 Å². The zero-order valence-corrected chi connectivity index (χ0v) is 11.0. The first-order valence-electron chi connectivity index (χ1n) is 5.10. The predicted molar refractivity (Wildman–Crippen MR) is 70.0 cm³/mol. The van der Waals surface area contributed by atoms with Crippen LogP contribution in [0.1, 0.15) is 30.9 Å². The summed E-state index contributed by atoms with van der Waals surface area (Å²) in [6.45, 7) is 0.980. The predicted octanol–water partition coefficient (Wildman–Crippen LogP) is 3.94. The van der Waals surface area contributed by atoms with Crippen molar-refractivity contribution in [3.05, 3.63) is 27.7 Å². The molecule has 0 aliphatic carbocycles. The molecule has 16 heavy (non-hydrogen) atoms. The van der Waals surface area contributed by atoms with Crippen LogP contribution in [0.15, 0.2) is 12.1 Å². The molecule has 0 aromatic heterocycles. The van der Waals surface area contributed by atoms with E-state index in [1.54, 1.807) is 12.1 Å². The molecule has 2 rings (SSSR count). The third-order valence-corrected chi connectivity index (χ3v) is 3.25. The lowest BCUT2D eigenvalue weighted by molar-refractivity contribution is 0.391. The van der Waals surface area contributed by atoms with Crippen LogP contribution in [0, 0.1) is 0 Å². The van der Waals surface area contributed by atoms with Crippen LogP contribution < -0.4 is 5.32 Å². The Bertz CT molecular complexity index is 364. The maximum Gasteiger partial charge on any atom is 0.139 e. The number of phenols is 1. The van der Waals surface area contributed by atoms with Crippen molar-refractivity contribution < 1.29 is 5.11 Å². The molecule has 90 valence electrons. The summed E-state index contributed by atoms with van der Waals surface area (Å²) in [7, 11) is 0. The van der Waals surface area contributed by atoms with Gasteiger partial charge in [0.2, 0.25) is 0 Å². The summed E-state index contributed by atoms with van der Waals surface area (Å²) in [5.41, 5.74) is 0.812. The van der Waals surface area contributed by atoms with Gasteiger partial charge in [-0.1, -0.05) is 29.6 Å². The number of nitrogens with one attached hydrogen (secondary N) is 1. The maximum atomic E-state index is 9.84. The fourth-order valence-corrected chi connectivity index (χ4v) is 2.48. The van der Waals surface area contributed by atoms with Crippen molar-refractivity contribution in [3.63, 3.8) is 0 Å².